The smallest absolute Gasteiger partial charge is 0.299 e. The van der Waals surface area contributed by atoms with E-state index in [2.05, 4.69) is 63.6 Å². The Morgan fingerprint density at radius 1 is 0.825 bits per heavy atom. The summed E-state index contributed by atoms with van der Waals surface area (Å²) in [6, 6.07) is 26.2. The summed E-state index contributed by atoms with van der Waals surface area (Å²) in [5.41, 5.74) is 3.72. The van der Waals surface area contributed by atoms with Crippen LogP contribution in [-0.4, -0.2) is 72.4 Å². The molecule has 2 amide bonds. The number of nitrogens with zero attached hydrogens (tertiary/aromatic N) is 3. The highest BCUT2D eigenvalue weighted by Crippen LogP contribution is 2.32. The lowest BCUT2D eigenvalue weighted by Crippen LogP contribution is -2.48. The molecule has 3 aromatic carbocycles. The first-order valence-corrected chi connectivity index (χ1v) is 13.9. The topological polar surface area (TPSA) is 90.0 Å². The van der Waals surface area contributed by atoms with Gasteiger partial charge in [0.2, 0.25) is 5.78 Å². The van der Waals surface area contributed by atoms with Crippen LogP contribution in [0.5, 0.6) is 0 Å². The van der Waals surface area contributed by atoms with Gasteiger partial charge in [0.05, 0.1) is 17.3 Å². The molecule has 5 rings (SSSR count). The van der Waals surface area contributed by atoms with Gasteiger partial charge in [0.1, 0.15) is 0 Å². The number of rotatable bonds is 10. The van der Waals surface area contributed by atoms with Gasteiger partial charge in [-0.05, 0) is 42.3 Å². The molecule has 1 saturated heterocycles. The monoisotopic (exact) mass is 538 g/mol. The molecule has 0 bridgehead atoms. The number of fused-ring (bicyclic) bond motifs is 1. The molecule has 3 aromatic rings. The van der Waals surface area contributed by atoms with Gasteiger partial charge in [-0.25, -0.2) is 0 Å². The summed E-state index contributed by atoms with van der Waals surface area (Å²) in [6.07, 6.45) is 0.834. The number of amides is 2. The molecule has 1 N–H and O–H groups in total. The van der Waals surface area contributed by atoms with Crippen LogP contribution in [0.3, 0.4) is 0 Å². The molecule has 2 aliphatic rings. The van der Waals surface area contributed by atoms with Crippen LogP contribution in [0.1, 0.15) is 47.3 Å². The van der Waals surface area contributed by atoms with E-state index in [9.17, 15) is 19.2 Å². The van der Waals surface area contributed by atoms with Crippen molar-refractivity contribution in [2.45, 2.75) is 25.8 Å². The van der Waals surface area contributed by atoms with Crippen molar-refractivity contribution < 1.29 is 19.2 Å². The maximum Gasteiger partial charge on any atom is 0.299 e. The van der Waals surface area contributed by atoms with E-state index in [0.717, 1.165) is 39.1 Å². The van der Waals surface area contributed by atoms with Crippen LogP contribution in [0.25, 0.3) is 0 Å². The second-order valence-electron chi connectivity index (χ2n) is 10.2. The molecule has 0 unspecified atom stereocenters. The van der Waals surface area contributed by atoms with Crippen LogP contribution in [0, 0.1) is 0 Å². The lowest BCUT2D eigenvalue weighted by Gasteiger charge is -2.40. The first-order chi connectivity index (χ1) is 19.5. The van der Waals surface area contributed by atoms with Crippen LogP contribution in [0.15, 0.2) is 78.9 Å². The minimum atomic E-state index is -0.727. The zero-order valence-corrected chi connectivity index (χ0v) is 22.7. The normalized spacial score (nSPS) is 15.9. The maximum atomic E-state index is 12.7. The lowest BCUT2D eigenvalue weighted by molar-refractivity contribution is -0.134. The summed E-state index contributed by atoms with van der Waals surface area (Å²) >= 11 is 0. The van der Waals surface area contributed by atoms with Gasteiger partial charge in [-0.1, -0.05) is 67.6 Å². The van der Waals surface area contributed by atoms with E-state index >= 15 is 0 Å². The molecule has 40 heavy (non-hydrogen) atoms. The number of piperazine rings is 1. The molecule has 1 fully saturated rings. The number of ketones is 2. The highest BCUT2D eigenvalue weighted by molar-refractivity contribution is 6.52. The summed E-state index contributed by atoms with van der Waals surface area (Å²) in [7, 11) is 0. The van der Waals surface area contributed by atoms with Crippen LogP contribution in [0.2, 0.25) is 0 Å². The standard InChI is InChI=1S/C32H34N4O4/c1-2-28(37)31(39)33-25-14-15-27-26(22-25)30(38)32(40)36(27)17-9-16-34-18-20-35(21-19-34)29(23-10-5-3-6-11-23)24-12-7-4-8-13-24/h3-8,10-15,22,29H,2,9,16-21H2,1H3,(H,33,39). The van der Waals surface area contributed by atoms with Gasteiger partial charge in [0.25, 0.3) is 17.6 Å². The van der Waals surface area contributed by atoms with Crippen molar-refractivity contribution in [2.75, 3.05) is 49.5 Å². The van der Waals surface area contributed by atoms with Crippen molar-refractivity contribution in [3.8, 4) is 0 Å². The minimum Gasteiger partial charge on any atom is -0.319 e. The van der Waals surface area contributed by atoms with Gasteiger partial charge in [0.15, 0.2) is 0 Å². The van der Waals surface area contributed by atoms with E-state index in [1.807, 2.05) is 12.1 Å². The summed E-state index contributed by atoms with van der Waals surface area (Å²) in [6.45, 7) is 6.61. The molecule has 0 saturated carbocycles. The Morgan fingerprint density at radius 3 is 2.05 bits per heavy atom. The quantitative estimate of drug-likeness (QED) is 0.394. The van der Waals surface area contributed by atoms with Crippen molar-refractivity contribution in [1.82, 2.24) is 9.80 Å². The van der Waals surface area contributed by atoms with E-state index in [4.69, 9.17) is 0 Å². The summed E-state index contributed by atoms with van der Waals surface area (Å²) in [5.74, 6) is -2.41. The molecular weight excluding hydrogens is 504 g/mol. The Kier molecular flexibility index (Phi) is 8.48. The Balaban J connectivity index is 1.17. The average molecular weight is 539 g/mol. The van der Waals surface area contributed by atoms with Crippen LogP contribution in [0.4, 0.5) is 11.4 Å². The molecule has 8 heteroatoms. The number of carbonyl (C=O) groups is 4. The number of benzene rings is 3. The third kappa shape index (κ3) is 5.88. The maximum absolute atomic E-state index is 12.7. The molecule has 0 spiro atoms. The minimum absolute atomic E-state index is 0.0949. The molecule has 2 aliphatic heterocycles. The molecule has 2 heterocycles. The molecule has 0 atom stereocenters. The number of hydrogen-bond donors (Lipinski definition) is 1. The van der Waals surface area contributed by atoms with Gasteiger partial charge in [-0.15, -0.1) is 0 Å². The van der Waals surface area contributed by atoms with E-state index in [1.54, 1.807) is 19.1 Å². The number of carbonyl (C=O) groups excluding carboxylic acids is 4. The Morgan fingerprint density at radius 2 is 1.45 bits per heavy atom. The molecule has 8 nitrogen and oxygen atoms in total. The van der Waals surface area contributed by atoms with Gasteiger partial charge in [-0.3, -0.25) is 24.1 Å². The van der Waals surface area contributed by atoms with E-state index in [1.165, 1.54) is 22.1 Å². The number of anilines is 2. The Hall–Kier alpha value is -4.14. The zero-order valence-electron chi connectivity index (χ0n) is 22.7. The molecule has 0 aromatic heterocycles. The SMILES string of the molecule is CCC(=O)C(=O)Nc1ccc2c(c1)C(=O)C(=O)N2CCCN1CCN(C(c2ccccc2)c2ccccc2)CC1. The van der Waals surface area contributed by atoms with Gasteiger partial charge in [-0.2, -0.15) is 0 Å². The van der Waals surface area contributed by atoms with Gasteiger partial charge < -0.3 is 15.1 Å². The number of Topliss-reactive ketones (excluding diaryl/α,β-unsaturated/α-hetero) is 2. The predicted molar refractivity (Wildman–Crippen MR) is 154 cm³/mol. The molecule has 206 valence electrons. The number of hydrogen-bond acceptors (Lipinski definition) is 6. The van der Waals surface area contributed by atoms with E-state index in [-0.39, 0.29) is 18.0 Å². The lowest BCUT2D eigenvalue weighted by atomic mass is 9.96. The summed E-state index contributed by atoms with van der Waals surface area (Å²) in [4.78, 5) is 55.4. The van der Waals surface area contributed by atoms with E-state index in [0.29, 0.717) is 17.9 Å². The van der Waals surface area contributed by atoms with Crippen LogP contribution >= 0.6 is 0 Å². The van der Waals surface area contributed by atoms with Crippen molar-refractivity contribution in [3.63, 3.8) is 0 Å². The predicted octanol–water partition coefficient (Wildman–Crippen LogP) is 3.93. The first kappa shape index (κ1) is 27.4. The summed E-state index contributed by atoms with van der Waals surface area (Å²) < 4.78 is 0. The molecular formula is C32H34N4O4. The largest absolute Gasteiger partial charge is 0.319 e. The average Bonchev–Trinajstić information content (AvgIpc) is 3.23. The Bertz CT molecular complexity index is 1350. The van der Waals surface area contributed by atoms with Crippen molar-refractivity contribution in [3.05, 3.63) is 95.6 Å². The van der Waals surface area contributed by atoms with Crippen molar-refractivity contribution >= 4 is 34.8 Å². The third-order valence-corrected chi connectivity index (χ3v) is 7.66. The van der Waals surface area contributed by atoms with E-state index < -0.39 is 23.4 Å². The molecule has 0 aliphatic carbocycles. The highest BCUT2D eigenvalue weighted by Gasteiger charge is 2.36. The van der Waals surface area contributed by atoms with Gasteiger partial charge in [0, 0.05) is 44.8 Å². The summed E-state index contributed by atoms with van der Waals surface area (Å²) in [5, 5.41) is 2.51. The second-order valence-corrected chi connectivity index (χ2v) is 10.2. The van der Waals surface area contributed by atoms with Crippen LogP contribution < -0.4 is 10.2 Å². The second kappa shape index (κ2) is 12.4. The third-order valence-electron chi connectivity index (χ3n) is 7.66. The van der Waals surface area contributed by atoms with Crippen LogP contribution in [-0.2, 0) is 14.4 Å². The number of nitrogens with one attached hydrogen (secondary N) is 1. The highest BCUT2D eigenvalue weighted by atomic mass is 16.2. The zero-order chi connectivity index (χ0) is 28.1. The van der Waals surface area contributed by atoms with Crippen molar-refractivity contribution in [1.29, 1.82) is 0 Å². The van der Waals surface area contributed by atoms with Crippen molar-refractivity contribution in [2.24, 2.45) is 0 Å². The fourth-order valence-corrected chi connectivity index (χ4v) is 5.54. The van der Waals surface area contributed by atoms with Gasteiger partial charge >= 0.3 is 0 Å². The Labute approximate surface area is 234 Å². The fraction of sp³-hybridized carbons (Fsp3) is 0.312. The molecule has 0 radical (unpaired) electrons. The fourth-order valence-electron chi connectivity index (χ4n) is 5.54. The first-order valence-electron chi connectivity index (χ1n) is 13.9.